The van der Waals surface area contributed by atoms with E-state index in [9.17, 15) is 9.59 Å². The van der Waals surface area contributed by atoms with Crippen LogP contribution in [0.15, 0.2) is 11.6 Å². The van der Waals surface area contributed by atoms with Crippen LogP contribution in [0.4, 0.5) is 0 Å². The molecule has 0 bridgehead atoms. The number of carbonyl (C=O) groups excluding carboxylic acids is 2. The smallest absolute Gasteiger partial charge is 0.159 e. The van der Waals surface area contributed by atoms with Crippen molar-refractivity contribution in [1.82, 2.24) is 0 Å². The topological polar surface area (TPSA) is 34.1 Å². The van der Waals surface area contributed by atoms with E-state index in [1.165, 1.54) is 77.0 Å². The first kappa shape index (κ1) is 28.0. The molecule has 0 N–H and O–H groups in total. The zero-order chi connectivity index (χ0) is 26.2. The van der Waals surface area contributed by atoms with E-state index in [4.69, 9.17) is 0 Å². The van der Waals surface area contributed by atoms with Gasteiger partial charge >= 0.3 is 0 Å². The Morgan fingerprint density at radius 3 is 2.49 bits per heavy atom. The van der Waals surface area contributed by atoms with Crippen molar-refractivity contribution in [3.63, 3.8) is 0 Å². The second-order valence-corrected chi connectivity index (χ2v) is 15.8. The van der Waals surface area contributed by atoms with Crippen molar-refractivity contribution in [2.24, 2.45) is 46.8 Å². The summed E-state index contributed by atoms with van der Waals surface area (Å²) < 4.78 is 0. The Kier molecular flexibility index (Phi) is 8.99. The number of hydrogen-bond donors (Lipinski definition) is 0. The molecular weight excluding hydrogens is 472 g/mol. The molecule has 0 saturated heterocycles. The van der Waals surface area contributed by atoms with Gasteiger partial charge in [-0.3, -0.25) is 9.59 Å². The van der Waals surface area contributed by atoms with E-state index in [1.807, 2.05) is 18.7 Å². The summed E-state index contributed by atoms with van der Waals surface area (Å²) in [4.78, 5) is 26.1. The molecule has 0 heterocycles. The van der Waals surface area contributed by atoms with Gasteiger partial charge in [0.05, 0.1) is 10.7 Å². The first-order chi connectivity index (χ1) is 17.8. The van der Waals surface area contributed by atoms with Crippen molar-refractivity contribution in [2.75, 3.05) is 0 Å². The number of thioether (sulfide) groups is 1. The molecule has 4 fully saturated rings. The molecule has 2 nitrogen and oxygen atoms in total. The molecule has 0 aliphatic heterocycles. The second-order valence-electron chi connectivity index (χ2n) is 14.3. The van der Waals surface area contributed by atoms with Gasteiger partial charge in [0.25, 0.3) is 0 Å². The van der Waals surface area contributed by atoms with Gasteiger partial charge in [0.15, 0.2) is 5.78 Å². The van der Waals surface area contributed by atoms with Gasteiger partial charge in [-0.1, -0.05) is 70.9 Å². The molecule has 3 heteroatoms. The molecule has 37 heavy (non-hydrogen) atoms. The van der Waals surface area contributed by atoms with E-state index in [0.717, 1.165) is 60.7 Å². The van der Waals surface area contributed by atoms with Crippen molar-refractivity contribution in [1.29, 1.82) is 0 Å². The lowest BCUT2D eigenvalue weighted by Crippen LogP contribution is -2.41. The Labute approximate surface area is 232 Å². The van der Waals surface area contributed by atoms with Crippen LogP contribution in [-0.4, -0.2) is 22.1 Å². The van der Waals surface area contributed by atoms with Crippen molar-refractivity contribution in [3.8, 4) is 0 Å². The molecule has 8 unspecified atom stereocenters. The third-order valence-corrected chi connectivity index (χ3v) is 13.2. The summed E-state index contributed by atoms with van der Waals surface area (Å²) in [6.07, 6.45) is 22.8. The number of ketones is 2. The third kappa shape index (κ3) is 5.69. The quantitative estimate of drug-likeness (QED) is 0.162. The van der Waals surface area contributed by atoms with E-state index in [-0.39, 0.29) is 16.8 Å². The van der Waals surface area contributed by atoms with Crippen molar-refractivity contribution in [3.05, 3.63) is 11.6 Å². The van der Waals surface area contributed by atoms with Crippen LogP contribution in [0.2, 0.25) is 0 Å². The Morgan fingerprint density at radius 1 is 0.919 bits per heavy atom. The van der Waals surface area contributed by atoms with E-state index >= 15 is 0 Å². The highest BCUT2D eigenvalue weighted by Gasteiger charge is 2.52. The van der Waals surface area contributed by atoms with Crippen LogP contribution in [0.5, 0.6) is 0 Å². The summed E-state index contributed by atoms with van der Waals surface area (Å²) in [5.74, 6) is 7.05. The van der Waals surface area contributed by atoms with Crippen LogP contribution < -0.4 is 0 Å². The van der Waals surface area contributed by atoms with Gasteiger partial charge in [-0.25, -0.2) is 0 Å². The minimum absolute atomic E-state index is 0.0840. The van der Waals surface area contributed by atoms with E-state index in [0.29, 0.717) is 11.7 Å². The Bertz CT molecular complexity index is 860. The molecule has 0 aromatic carbocycles. The number of rotatable bonds is 10. The zero-order valence-corrected chi connectivity index (χ0v) is 25.1. The maximum absolute atomic E-state index is 13.3. The number of carbonyl (C=O) groups is 2. The molecule has 0 aromatic heterocycles. The molecule has 0 radical (unpaired) electrons. The van der Waals surface area contributed by atoms with Gasteiger partial charge in [-0.15, -0.1) is 11.8 Å². The van der Waals surface area contributed by atoms with Crippen molar-refractivity contribution in [2.45, 2.75) is 141 Å². The fraction of sp³-hybridized carbons (Fsp3) is 0.882. The molecule has 0 spiro atoms. The van der Waals surface area contributed by atoms with Crippen molar-refractivity contribution >= 4 is 23.3 Å². The molecule has 5 rings (SSSR count). The van der Waals surface area contributed by atoms with Crippen molar-refractivity contribution < 1.29 is 9.59 Å². The summed E-state index contributed by atoms with van der Waals surface area (Å²) in [7, 11) is 0. The van der Waals surface area contributed by atoms with Gasteiger partial charge in [0, 0.05) is 11.7 Å². The molecular formula is C34H54O2S. The number of hydrogen-bond acceptors (Lipinski definition) is 3. The van der Waals surface area contributed by atoms with Crippen LogP contribution >= 0.6 is 11.8 Å². The van der Waals surface area contributed by atoms with Crippen LogP contribution in [0, 0.1) is 46.8 Å². The van der Waals surface area contributed by atoms with Gasteiger partial charge in [-0.05, 0) is 106 Å². The number of allylic oxidation sites excluding steroid dienone is 2. The SMILES string of the molecule is CCCC[C@@]1(C)C(=O)CC(SC2CCC3C(=CCC4C3CCC3C(CCCCC(C)C)CCC34)C2)C1=O. The zero-order valence-electron chi connectivity index (χ0n) is 24.3. The normalized spacial score (nSPS) is 41.5. The standard InChI is InChI=1S/C34H54O2S/c1-5-6-19-34(4)32(35)21-31(33(34)36)37-25-13-16-27-24(20-25)12-15-30-28-14-11-23(10-8-7-9-22(2)3)26(28)17-18-29(27)30/h12,22-23,25-31H,5-11,13-21H2,1-4H3/t23?,25?,26?,27?,28?,29?,30?,31?,34-/m0/s1. The van der Waals surface area contributed by atoms with Crippen LogP contribution in [0.25, 0.3) is 0 Å². The molecule has 4 saturated carbocycles. The molecule has 0 amide bonds. The number of Topliss-reactive ketones (excluding diaryl/α,β-unsaturated/α-hetero) is 2. The average molecular weight is 527 g/mol. The molecule has 5 aliphatic rings. The summed E-state index contributed by atoms with van der Waals surface area (Å²) in [6, 6.07) is 0. The lowest BCUT2D eigenvalue weighted by Gasteiger charge is -2.50. The second kappa shape index (κ2) is 11.9. The minimum Gasteiger partial charge on any atom is -0.299 e. The van der Waals surface area contributed by atoms with E-state index in [2.05, 4.69) is 26.8 Å². The Balaban J connectivity index is 1.15. The lowest BCUT2D eigenvalue weighted by atomic mass is 9.56. The largest absolute Gasteiger partial charge is 0.299 e. The third-order valence-electron chi connectivity index (χ3n) is 11.7. The first-order valence-corrected chi connectivity index (χ1v) is 17.2. The first-order valence-electron chi connectivity index (χ1n) is 16.2. The van der Waals surface area contributed by atoms with Gasteiger partial charge in [0.1, 0.15) is 5.78 Å². The highest BCUT2D eigenvalue weighted by molar-refractivity contribution is 8.01. The summed E-state index contributed by atoms with van der Waals surface area (Å²) in [5.41, 5.74) is 1.03. The summed E-state index contributed by atoms with van der Waals surface area (Å²) in [5, 5.41) is 0.451. The van der Waals surface area contributed by atoms with E-state index in [1.54, 1.807) is 5.57 Å². The molecule has 9 atom stereocenters. The molecule has 5 aliphatic carbocycles. The summed E-state index contributed by atoms with van der Waals surface area (Å²) >= 11 is 1.88. The van der Waals surface area contributed by atoms with Gasteiger partial charge in [0.2, 0.25) is 0 Å². The predicted molar refractivity (Wildman–Crippen MR) is 157 cm³/mol. The van der Waals surface area contributed by atoms with Crippen LogP contribution in [-0.2, 0) is 9.59 Å². The fourth-order valence-corrected chi connectivity index (χ4v) is 11.2. The highest BCUT2D eigenvalue weighted by atomic mass is 32.2. The molecule has 0 aromatic rings. The average Bonchev–Trinajstić information content (AvgIpc) is 3.39. The summed E-state index contributed by atoms with van der Waals surface area (Å²) in [6.45, 7) is 8.81. The lowest BCUT2D eigenvalue weighted by molar-refractivity contribution is -0.134. The van der Waals surface area contributed by atoms with E-state index < -0.39 is 5.41 Å². The maximum atomic E-state index is 13.3. The van der Waals surface area contributed by atoms with Gasteiger partial charge < -0.3 is 0 Å². The minimum atomic E-state index is -0.700. The predicted octanol–water partition coefficient (Wildman–Crippen LogP) is 9.21. The van der Waals surface area contributed by atoms with Gasteiger partial charge in [-0.2, -0.15) is 0 Å². The maximum Gasteiger partial charge on any atom is 0.159 e. The fourth-order valence-electron chi connectivity index (χ4n) is 9.56. The van der Waals surface area contributed by atoms with Crippen LogP contribution in [0.3, 0.4) is 0 Å². The highest BCUT2D eigenvalue weighted by Crippen LogP contribution is 2.59. The monoisotopic (exact) mass is 526 g/mol. The number of fused-ring (bicyclic) bond motifs is 5. The number of unbranched alkanes of at least 4 members (excludes halogenated alkanes) is 2. The Hall–Kier alpha value is -0.570. The molecule has 208 valence electrons. The van der Waals surface area contributed by atoms with Crippen LogP contribution in [0.1, 0.15) is 130 Å². The Morgan fingerprint density at radius 2 is 1.70 bits per heavy atom.